The normalized spacial score (nSPS) is 22.2. The first-order valence-corrected chi connectivity index (χ1v) is 10.9. The molecule has 4 rings (SSSR count). The monoisotopic (exact) mass is 406 g/mol. The van der Waals surface area contributed by atoms with Crippen LogP contribution < -0.4 is 10.1 Å². The first kappa shape index (κ1) is 20.5. The summed E-state index contributed by atoms with van der Waals surface area (Å²) in [6, 6.07) is 17.8. The highest BCUT2D eigenvalue weighted by molar-refractivity contribution is 5.95. The Morgan fingerprint density at radius 3 is 2.40 bits per heavy atom. The maximum atomic E-state index is 13.4. The van der Waals surface area contributed by atoms with Crippen molar-refractivity contribution in [1.82, 2.24) is 4.90 Å². The molecule has 5 nitrogen and oxygen atoms in total. The first-order chi connectivity index (χ1) is 14.7. The number of benzene rings is 2. The van der Waals surface area contributed by atoms with Gasteiger partial charge >= 0.3 is 0 Å². The molecule has 1 heterocycles. The van der Waals surface area contributed by atoms with E-state index in [2.05, 4.69) is 22.3 Å². The smallest absolute Gasteiger partial charge is 0.227 e. The summed E-state index contributed by atoms with van der Waals surface area (Å²) in [5, 5.41) is 2.94. The Morgan fingerprint density at radius 2 is 1.73 bits per heavy atom. The topological polar surface area (TPSA) is 58.6 Å². The molecule has 158 valence electrons. The Labute approximate surface area is 178 Å². The van der Waals surface area contributed by atoms with Gasteiger partial charge in [-0.3, -0.25) is 9.59 Å². The molecule has 0 unspecified atom stereocenters. The molecule has 0 bridgehead atoms. The third-order valence-electron chi connectivity index (χ3n) is 6.50. The van der Waals surface area contributed by atoms with E-state index in [0.717, 1.165) is 24.2 Å². The lowest BCUT2D eigenvalue weighted by Crippen LogP contribution is -2.39. The molecular formula is C25H30N2O3. The van der Waals surface area contributed by atoms with Gasteiger partial charge in [0.15, 0.2) is 0 Å². The predicted molar refractivity (Wildman–Crippen MR) is 117 cm³/mol. The highest BCUT2D eigenvalue weighted by atomic mass is 16.5. The van der Waals surface area contributed by atoms with E-state index in [-0.39, 0.29) is 30.1 Å². The van der Waals surface area contributed by atoms with E-state index < -0.39 is 0 Å². The summed E-state index contributed by atoms with van der Waals surface area (Å²) in [6.07, 6.45) is 6.00. The fourth-order valence-corrected chi connectivity index (χ4v) is 4.89. The average Bonchev–Trinajstić information content (AvgIpc) is 3.11. The van der Waals surface area contributed by atoms with Gasteiger partial charge in [-0.2, -0.15) is 0 Å². The van der Waals surface area contributed by atoms with Crippen LogP contribution in [0.4, 0.5) is 5.69 Å². The zero-order valence-electron chi connectivity index (χ0n) is 17.5. The van der Waals surface area contributed by atoms with Gasteiger partial charge in [0.05, 0.1) is 13.0 Å². The van der Waals surface area contributed by atoms with E-state index in [4.69, 9.17) is 4.74 Å². The van der Waals surface area contributed by atoms with Gasteiger partial charge in [-0.25, -0.2) is 0 Å². The first-order valence-electron chi connectivity index (χ1n) is 10.9. The summed E-state index contributed by atoms with van der Waals surface area (Å²) in [6.45, 7) is 0.716. The Kier molecular flexibility index (Phi) is 6.36. The largest absolute Gasteiger partial charge is 0.497 e. The number of likely N-dealkylation sites (tertiary alicyclic amines) is 1. The second kappa shape index (κ2) is 9.33. The van der Waals surface area contributed by atoms with Crippen molar-refractivity contribution in [2.45, 2.75) is 50.5 Å². The Hall–Kier alpha value is -2.82. The van der Waals surface area contributed by atoms with Crippen LogP contribution in [-0.4, -0.2) is 36.4 Å². The van der Waals surface area contributed by atoms with Crippen LogP contribution in [0.5, 0.6) is 5.75 Å². The van der Waals surface area contributed by atoms with E-state index in [0.29, 0.717) is 18.3 Å². The second-order valence-corrected chi connectivity index (χ2v) is 8.39. The maximum Gasteiger partial charge on any atom is 0.227 e. The van der Waals surface area contributed by atoms with Crippen molar-refractivity contribution in [1.29, 1.82) is 0 Å². The van der Waals surface area contributed by atoms with E-state index >= 15 is 0 Å². The molecule has 2 aromatic rings. The third kappa shape index (κ3) is 4.50. The van der Waals surface area contributed by atoms with Crippen molar-refractivity contribution in [2.75, 3.05) is 19.0 Å². The minimum atomic E-state index is -0.312. The Balaban J connectivity index is 1.50. The van der Waals surface area contributed by atoms with Crippen molar-refractivity contribution in [3.05, 3.63) is 60.2 Å². The van der Waals surface area contributed by atoms with E-state index in [1.165, 1.54) is 19.3 Å². The molecule has 0 radical (unpaired) electrons. The number of hydrogen-bond donors (Lipinski definition) is 1. The number of carbonyl (C=O) groups is 2. The minimum absolute atomic E-state index is 0.0576. The number of nitrogens with zero attached hydrogens (tertiary/aromatic N) is 1. The third-order valence-corrected chi connectivity index (χ3v) is 6.50. The van der Waals surface area contributed by atoms with Crippen LogP contribution in [0.2, 0.25) is 0 Å². The molecule has 1 aliphatic carbocycles. The lowest BCUT2D eigenvalue weighted by molar-refractivity contribution is -0.135. The van der Waals surface area contributed by atoms with Crippen LogP contribution in [0.3, 0.4) is 0 Å². The van der Waals surface area contributed by atoms with Gasteiger partial charge in [0.2, 0.25) is 11.8 Å². The summed E-state index contributed by atoms with van der Waals surface area (Å²) >= 11 is 0. The summed E-state index contributed by atoms with van der Waals surface area (Å²) < 4.78 is 5.17. The fraction of sp³-hybridized carbons (Fsp3) is 0.440. The zero-order chi connectivity index (χ0) is 20.9. The van der Waals surface area contributed by atoms with Crippen molar-refractivity contribution < 1.29 is 14.3 Å². The SMILES string of the molecule is COc1ccc(NC(=O)C[C@H]2C(=O)N(C3CCCCC3)C[C@@H]2c2ccccc2)cc1. The van der Waals surface area contributed by atoms with Gasteiger partial charge in [-0.1, -0.05) is 49.6 Å². The molecule has 30 heavy (non-hydrogen) atoms. The van der Waals surface area contributed by atoms with Crippen LogP contribution in [0.25, 0.3) is 0 Å². The number of hydrogen-bond acceptors (Lipinski definition) is 3. The van der Waals surface area contributed by atoms with Gasteiger partial charge in [0.25, 0.3) is 0 Å². The van der Waals surface area contributed by atoms with Gasteiger partial charge in [-0.15, -0.1) is 0 Å². The number of nitrogens with one attached hydrogen (secondary N) is 1. The van der Waals surface area contributed by atoms with Gasteiger partial charge in [-0.05, 0) is 42.7 Å². The van der Waals surface area contributed by atoms with Crippen LogP contribution in [-0.2, 0) is 9.59 Å². The van der Waals surface area contributed by atoms with Gasteiger partial charge < -0.3 is 15.0 Å². The Bertz CT molecular complexity index is 860. The van der Waals surface area contributed by atoms with Crippen molar-refractivity contribution >= 4 is 17.5 Å². The van der Waals surface area contributed by atoms with Crippen molar-refractivity contribution in [3.63, 3.8) is 0 Å². The summed E-state index contributed by atoms with van der Waals surface area (Å²) in [5.41, 5.74) is 1.86. The van der Waals surface area contributed by atoms with Crippen LogP contribution in [0.15, 0.2) is 54.6 Å². The second-order valence-electron chi connectivity index (χ2n) is 8.39. The molecule has 1 aliphatic heterocycles. The summed E-state index contributed by atoms with van der Waals surface area (Å²) in [7, 11) is 1.61. The molecular weight excluding hydrogens is 376 g/mol. The zero-order valence-corrected chi connectivity index (χ0v) is 17.5. The van der Waals surface area contributed by atoms with Crippen LogP contribution in [0, 0.1) is 5.92 Å². The van der Waals surface area contributed by atoms with Crippen LogP contribution >= 0.6 is 0 Å². The minimum Gasteiger partial charge on any atom is -0.497 e. The molecule has 0 spiro atoms. The summed E-state index contributed by atoms with van der Waals surface area (Å²) in [5.74, 6) is 0.506. The van der Waals surface area contributed by atoms with E-state index in [1.807, 2.05) is 42.5 Å². The highest BCUT2D eigenvalue weighted by Crippen LogP contribution is 2.39. The predicted octanol–water partition coefficient (Wildman–Crippen LogP) is 4.60. The van der Waals surface area contributed by atoms with Gasteiger partial charge in [0.1, 0.15) is 5.75 Å². The number of rotatable bonds is 6. The van der Waals surface area contributed by atoms with Gasteiger partial charge in [0, 0.05) is 30.6 Å². The molecule has 2 atom stereocenters. The summed E-state index contributed by atoms with van der Waals surface area (Å²) in [4.78, 5) is 28.3. The quantitative estimate of drug-likeness (QED) is 0.763. The molecule has 1 saturated carbocycles. The molecule has 1 N–H and O–H groups in total. The molecule has 1 saturated heterocycles. The maximum absolute atomic E-state index is 13.4. The number of carbonyl (C=O) groups excluding carboxylic acids is 2. The van der Waals surface area contributed by atoms with E-state index in [1.54, 1.807) is 7.11 Å². The highest BCUT2D eigenvalue weighted by Gasteiger charge is 2.44. The lowest BCUT2D eigenvalue weighted by atomic mass is 9.86. The molecule has 2 aliphatic rings. The number of methoxy groups -OCH3 is 1. The molecule has 5 heteroatoms. The standard InChI is InChI=1S/C25H30N2O3/c1-30-21-14-12-19(13-15-21)26-24(28)16-22-23(18-8-4-2-5-9-18)17-27(25(22)29)20-10-6-3-7-11-20/h2,4-5,8-9,12-15,20,22-23H,3,6-7,10-11,16-17H2,1H3,(H,26,28)/t22-,23-/m1/s1. The number of anilines is 1. The van der Waals surface area contributed by atoms with E-state index in [9.17, 15) is 9.59 Å². The Morgan fingerprint density at radius 1 is 1.03 bits per heavy atom. The number of ether oxygens (including phenoxy) is 1. The average molecular weight is 407 g/mol. The van der Waals surface area contributed by atoms with Crippen LogP contribution in [0.1, 0.15) is 50.0 Å². The van der Waals surface area contributed by atoms with Crippen molar-refractivity contribution in [2.24, 2.45) is 5.92 Å². The van der Waals surface area contributed by atoms with Crippen molar-refractivity contribution in [3.8, 4) is 5.75 Å². The lowest BCUT2D eigenvalue weighted by Gasteiger charge is -2.31. The molecule has 2 fully saturated rings. The molecule has 2 aromatic carbocycles. The molecule has 2 amide bonds. The number of amides is 2. The molecule has 0 aromatic heterocycles. The fourth-order valence-electron chi connectivity index (χ4n) is 4.89.